The Morgan fingerprint density at radius 3 is 2.45 bits per heavy atom. The number of nitrogens with zero attached hydrogens (tertiary/aromatic N) is 1. The van der Waals surface area contributed by atoms with Crippen molar-refractivity contribution in [3.63, 3.8) is 0 Å². The number of hydrogen-bond donors (Lipinski definition) is 1. The van der Waals surface area contributed by atoms with E-state index in [1.807, 2.05) is 53.4 Å². The molecule has 2 amide bonds. The highest BCUT2D eigenvalue weighted by Crippen LogP contribution is 2.24. The number of methoxy groups -OCH3 is 1. The smallest absolute Gasteiger partial charge is 0.227 e. The Balaban J connectivity index is 1.34. The molecule has 0 atom stereocenters. The maximum absolute atomic E-state index is 12.6. The van der Waals surface area contributed by atoms with Gasteiger partial charge in [0.05, 0.1) is 24.6 Å². The molecule has 7 heteroatoms. The Morgan fingerprint density at radius 2 is 1.74 bits per heavy atom. The lowest BCUT2D eigenvalue weighted by Crippen LogP contribution is -2.47. The quantitative estimate of drug-likeness (QED) is 0.542. The van der Waals surface area contributed by atoms with Gasteiger partial charge < -0.3 is 19.7 Å². The molecule has 1 N–H and O–H groups in total. The zero-order valence-corrected chi connectivity index (χ0v) is 19.4. The summed E-state index contributed by atoms with van der Waals surface area (Å²) in [7, 11) is 1.62. The molecule has 1 saturated heterocycles. The molecule has 2 aromatic rings. The van der Waals surface area contributed by atoms with Gasteiger partial charge in [-0.25, -0.2) is 0 Å². The van der Waals surface area contributed by atoms with Crippen LogP contribution >= 0.6 is 15.9 Å². The molecule has 3 rings (SSSR count). The largest absolute Gasteiger partial charge is 0.496 e. The first-order valence-electron chi connectivity index (χ1n) is 10.6. The van der Waals surface area contributed by atoms with Gasteiger partial charge in [0.1, 0.15) is 11.5 Å². The topological polar surface area (TPSA) is 67.9 Å². The number of piperidine rings is 1. The van der Waals surface area contributed by atoms with Crippen LogP contribution in [-0.2, 0) is 16.0 Å². The molecule has 0 bridgehead atoms. The van der Waals surface area contributed by atoms with Crippen molar-refractivity contribution in [3.8, 4) is 11.5 Å². The average Bonchev–Trinajstić information content (AvgIpc) is 2.78. The Bertz CT molecular complexity index is 881. The van der Waals surface area contributed by atoms with Crippen LogP contribution in [0.25, 0.3) is 0 Å². The molecule has 31 heavy (non-hydrogen) atoms. The van der Waals surface area contributed by atoms with Crippen molar-refractivity contribution in [1.82, 2.24) is 10.2 Å². The molecule has 0 aliphatic carbocycles. The van der Waals surface area contributed by atoms with Gasteiger partial charge in [0, 0.05) is 31.1 Å². The van der Waals surface area contributed by atoms with Crippen LogP contribution in [0.5, 0.6) is 11.5 Å². The summed E-state index contributed by atoms with van der Waals surface area (Å²) in [5.41, 5.74) is 0.898. The van der Waals surface area contributed by atoms with Crippen molar-refractivity contribution >= 4 is 27.7 Å². The van der Waals surface area contributed by atoms with E-state index in [-0.39, 0.29) is 17.9 Å². The second kappa shape index (κ2) is 11.7. The minimum absolute atomic E-state index is 0.0366. The summed E-state index contributed by atoms with van der Waals surface area (Å²) < 4.78 is 11.9. The lowest BCUT2D eigenvalue weighted by Gasteiger charge is -2.32. The highest BCUT2D eigenvalue weighted by molar-refractivity contribution is 9.10. The zero-order chi connectivity index (χ0) is 22.1. The van der Waals surface area contributed by atoms with Crippen LogP contribution in [0.2, 0.25) is 0 Å². The Kier molecular flexibility index (Phi) is 8.76. The lowest BCUT2D eigenvalue weighted by atomic mass is 10.0. The molecule has 166 valence electrons. The fourth-order valence-electron chi connectivity index (χ4n) is 3.67. The van der Waals surface area contributed by atoms with Gasteiger partial charge in [-0.3, -0.25) is 9.59 Å². The fourth-order valence-corrected chi connectivity index (χ4v) is 4.07. The van der Waals surface area contributed by atoms with Crippen LogP contribution in [0.1, 0.15) is 31.2 Å². The molecule has 1 aliphatic heterocycles. The first-order valence-corrected chi connectivity index (χ1v) is 11.4. The van der Waals surface area contributed by atoms with Crippen molar-refractivity contribution < 1.29 is 19.1 Å². The molecule has 2 aromatic carbocycles. The maximum atomic E-state index is 12.6. The van der Waals surface area contributed by atoms with Crippen LogP contribution in [0.3, 0.4) is 0 Å². The van der Waals surface area contributed by atoms with Gasteiger partial charge >= 0.3 is 0 Å². The lowest BCUT2D eigenvalue weighted by molar-refractivity contribution is -0.131. The van der Waals surface area contributed by atoms with Gasteiger partial charge in [0.2, 0.25) is 11.8 Å². The average molecular weight is 489 g/mol. The molecule has 0 spiro atoms. The van der Waals surface area contributed by atoms with Crippen LogP contribution < -0.4 is 14.8 Å². The van der Waals surface area contributed by atoms with E-state index >= 15 is 0 Å². The summed E-state index contributed by atoms with van der Waals surface area (Å²) in [5, 5.41) is 3.09. The molecular weight excluding hydrogens is 460 g/mol. The summed E-state index contributed by atoms with van der Waals surface area (Å²) in [6.45, 7) is 1.81. The van der Waals surface area contributed by atoms with Crippen molar-refractivity contribution in [2.24, 2.45) is 0 Å². The van der Waals surface area contributed by atoms with Gasteiger partial charge in [0.15, 0.2) is 0 Å². The van der Waals surface area contributed by atoms with Gasteiger partial charge in [0.25, 0.3) is 0 Å². The SMILES string of the molecule is COc1ccccc1CC(=O)N1CCC(NC(=O)CCCOc2ccccc2Br)CC1. The van der Waals surface area contributed by atoms with Crippen molar-refractivity contribution in [2.45, 2.75) is 38.1 Å². The van der Waals surface area contributed by atoms with Crippen LogP contribution in [0, 0.1) is 0 Å². The first-order chi connectivity index (χ1) is 15.1. The van der Waals surface area contributed by atoms with Crippen molar-refractivity contribution in [2.75, 3.05) is 26.8 Å². The number of likely N-dealkylation sites (tertiary alicyclic amines) is 1. The van der Waals surface area contributed by atoms with Gasteiger partial charge in [-0.05, 0) is 53.4 Å². The van der Waals surface area contributed by atoms with Gasteiger partial charge in [-0.1, -0.05) is 30.3 Å². The molecule has 0 aromatic heterocycles. The summed E-state index contributed by atoms with van der Waals surface area (Å²) in [6, 6.07) is 15.4. The number of halogens is 1. The summed E-state index contributed by atoms with van der Waals surface area (Å²) in [6.07, 6.45) is 2.97. The molecular formula is C24H29BrN2O4. The molecule has 0 saturated carbocycles. The summed E-state index contributed by atoms with van der Waals surface area (Å²) in [4.78, 5) is 26.8. The third-order valence-electron chi connectivity index (χ3n) is 5.39. The minimum Gasteiger partial charge on any atom is -0.496 e. The molecule has 0 radical (unpaired) electrons. The normalized spacial score (nSPS) is 14.2. The third kappa shape index (κ3) is 6.99. The Labute approximate surface area is 192 Å². The van der Waals surface area contributed by atoms with Crippen LogP contribution in [0.15, 0.2) is 53.0 Å². The summed E-state index contributed by atoms with van der Waals surface area (Å²) >= 11 is 3.45. The van der Waals surface area contributed by atoms with E-state index in [4.69, 9.17) is 9.47 Å². The first kappa shape index (κ1) is 23.1. The second-order valence-electron chi connectivity index (χ2n) is 7.59. The maximum Gasteiger partial charge on any atom is 0.227 e. The number of hydrogen-bond acceptors (Lipinski definition) is 4. The number of nitrogens with one attached hydrogen (secondary N) is 1. The monoisotopic (exact) mass is 488 g/mol. The zero-order valence-electron chi connectivity index (χ0n) is 17.8. The Morgan fingerprint density at radius 1 is 1.06 bits per heavy atom. The van der Waals surface area contributed by atoms with Crippen LogP contribution in [0.4, 0.5) is 0 Å². The number of para-hydroxylation sites is 2. The predicted octanol–water partition coefficient (Wildman–Crippen LogP) is 3.97. The van der Waals surface area contributed by atoms with E-state index in [9.17, 15) is 9.59 Å². The van der Waals surface area contributed by atoms with E-state index in [1.54, 1.807) is 7.11 Å². The van der Waals surface area contributed by atoms with E-state index < -0.39 is 0 Å². The van der Waals surface area contributed by atoms with E-state index in [0.29, 0.717) is 39.0 Å². The minimum atomic E-state index is 0.0366. The number of ether oxygens (including phenoxy) is 2. The Hall–Kier alpha value is -2.54. The third-order valence-corrected chi connectivity index (χ3v) is 6.04. The highest BCUT2D eigenvalue weighted by Gasteiger charge is 2.24. The van der Waals surface area contributed by atoms with E-state index in [1.165, 1.54) is 0 Å². The number of rotatable bonds is 9. The van der Waals surface area contributed by atoms with Crippen molar-refractivity contribution in [3.05, 3.63) is 58.6 Å². The molecule has 6 nitrogen and oxygen atoms in total. The summed E-state index contributed by atoms with van der Waals surface area (Å²) in [5.74, 6) is 1.66. The molecule has 1 heterocycles. The highest BCUT2D eigenvalue weighted by atomic mass is 79.9. The number of carbonyl (C=O) groups excluding carboxylic acids is 2. The van der Waals surface area contributed by atoms with E-state index in [2.05, 4.69) is 21.2 Å². The standard InChI is InChI=1S/C24H29BrN2O4/c1-30-21-9-4-2-7-18(21)17-24(29)27-14-12-19(13-15-27)26-23(28)11-6-16-31-22-10-5-3-8-20(22)25/h2-5,7-10,19H,6,11-17H2,1H3,(H,26,28). The number of amides is 2. The molecule has 1 fully saturated rings. The van der Waals surface area contributed by atoms with Gasteiger partial charge in [-0.15, -0.1) is 0 Å². The van der Waals surface area contributed by atoms with Crippen LogP contribution in [-0.4, -0.2) is 49.6 Å². The van der Waals surface area contributed by atoms with Gasteiger partial charge in [-0.2, -0.15) is 0 Å². The second-order valence-corrected chi connectivity index (χ2v) is 8.45. The molecule has 1 aliphatic rings. The number of benzene rings is 2. The molecule has 0 unspecified atom stereocenters. The predicted molar refractivity (Wildman–Crippen MR) is 123 cm³/mol. The number of carbonyl (C=O) groups is 2. The van der Waals surface area contributed by atoms with Crippen molar-refractivity contribution in [1.29, 1.82) is 0 Å². The van der Waals surface area contributed by atoms with E-state index in [0.717, 1.165) is 34.4 Å². The fraction of sp³-hybridized carbons (Fsp3) is 0.417.